The number of carbonyl (C=O) groups excluding carboxylic acids is 1. The molecule has 3 aromatic rings. The molecule has 2 fully saturated rings. The number of rotatable bonds is 5. The zero-order valence-electron chi connectivity index (χ0n) is 18.0. The standard InChI is InChI=1S/C24H26N6O2/c1-23(14-31,17-4-2-16(12-25)3-5-17)29-22(32)19-7-11-30(13-24(19)8-9-24)21-18-6-10-26-20(18)27-15-28-21/h2-6,10,15,19,31H,7-9,11,13-14H2,1H3,(H,29,32)(H,26,27,28)/t19-,23?/m1/s1. The van der Waals surface area contributed by atoms with Gasteiger partial charge in [0, 0.05) is 25.2 Å². The molecule has 1 saturated carbocycles. The number of benzene rings is 1. The van der Waals surface area contributed by atoms with Gasteiger partial charge in [0.05, 0.1) is 29.2 Å². The van der Waals surface area contributed by atoms with E-state index in [1.54, 1.807) is 30.6 Å². The van der Waals surface area contributed by atoms with Crippen molar-refractivity contribution in [1.29, 1.82) is 5.26 Å². The smallest absolute Gasteiger partial charge is 0.224 e. The van der Waals surface area contributed by atoms with Crippen molar-refractivity contribution >= 4 is 22.8 Å². The molecular formula is C24H26N6O2. The first-order valence-electron chi connectivity index (χ1n) is 10.9. The third-order valence-electron chi connectivity index (χ3n) is 7.14. The van der Waals surface area contributed by atoms with Gasteiger partial charge in [-0.2, -0.15) is 5.26 Å². The average molecular weight is 431 g/mol. The second kappa shape index (κ2) is 7.61. The van der Waals surface area contributed by atoms with Gasteiger partial charge in [0.25, 0.3) is 0 Å². The lowest BCUT2D eigenvalue weighted by Gasteiger charge is -2.41. The normalized spacial score (nSPS) is 21.2. The summed E-state index contributed by atoms with van der Waals surface area (Å²) < 4.78 is 0. The molecule has 1 aliphatic carbocycles. The number of H-pyrrole nitrogens is 1. The van der Waals surface area contributed by atoms with Crippen LogP contribution in [0.25, 0.3) is 11.0 Å². The molecule has 2 atom stereocenters. The number of nitrogens with one attached hydrogen (secondary N) is 2. The van der Waals surface area contributed by atoms with Gasteiger partial charge in [-0.3, -0.25) is 4.79 Å². The van der Waals surface area contributed by atoms with E-state index >= 15 is 0 Å². The van der Waals surface area contributed by atoms with Crippen LogP contribution in [-0.4, -0.2) is 45.7 Å². The Morgan fingerprint density at radius 3 is 2.81 bits per heavy atom. The van der Waals surface area contributed by atoms with Crippen LogP contribution in [0.1, 0.15) is 37.3 Å². The average Bonchev–Trinajstić information content (AvgIpc) is 3.40. The second-order valence-corrected chi connectivity index (χ2v) is 9.23. The van der Waals surface area contributed by atoms with Gasteiger partial charge >= 0.3 is 0 Å². The van der Waals surface area contributed by atoms with Crippen LogP contribution in [-0.2, 0) is 10.3 Å². The van der Waals surface area contributed by atoms with Crippen molar-refractivity contribution in [2.75, 3.05) is 24.6 Å². The molecule has 32 heavy (non-hydrogen) atoms. The predicted molar refractivity (Wildman–Crippen MR) is 120 cm³/mol. The Hall–Kier alpha value is -3.44. The van der Waals surface area contributed by atoms with Crippen LogP contribution < -0.4 is 10.2 Å². The van der Waals surface area contributed by atoms with Crippen LogP contribution in [0.5, 0.6) is 0 Å². The molecule has 8 heteroatoms. The van der Waals surface area contributed by atoms with Crippen molar-refractivity contribution in [3.63, 3.8) is 0 Å². The molecule has 1 aromatic carbocycles. The highest BCUT2D eigenvalue weighted by Gasteiger charge is 2.56. The Kier molecular flexibility index (Phi) is 4.86. The molecule has 3 heterocycles. The number of fused-ring (bicyclic) bond motifs is 1. The quantitative estimate of drug-likeness (QED) is 0.572. The number of hydrogen-bond donors (Lipinski definition) is 3. The summed E-state index contributed by atoms with van der Waals surface area (Å²) in [6, 6.07) is 11.1. The first-order valence-corrected chi connectivity index (χ1v) is 10.9. The van der Waals surface area contributed by atoms with Crippen LogP contribution in [0.2, 0.25) is 0 Å². The van der Waals surface area contributed by atoms with Gasteiger partial charge in [-0.25, -0.2) is 9.97 Å². The number of aromatic nitrogens is 3. The number of piperidine rings is 1. The van der Waals surface area contributed by atoms with Gasteiger partial charge in [-0.15, -0.1) is 0 Å². The van der Waals surface area contributed by atoms with E-state index in [0.29, 0.717) is 5.56 Å². The molecule has 2 aromatic heterocycles. The maximum absolute atomic E-state index is 13.4. The van der Waals surface area contributed by atoms with Gasteiger partial charge in [0.2, 0.25) is 5.91 Å². The van der Waals surface area contributed by atoms with Crippen LogP contribution in [0.3, 0.4) is 0 Å². The summed E-state index contributed by atoms with van der Waals surface area (Å²) in [7, 11) is 0. The fourth-order valence-electron chi connectivity index (χ4n) is 5.00. The topological polar surface area (TPSA) is 118 Å². The van der Waals surface area contributed by atoms with Crippen LogP contribution in [0.15, 0.2) is 42.9 Å². The first-order chi connectivity index (χ1) is 15.5. The predicted octanol–water partition coefficient (Wildman–Crippen LogP) is 2.46. The molecule has 2 aliphatic rings. The van der Waals surface area contributed by atoms with E-state index in [9.17, 15) is 9.90 Å². The highest BCUT2D eigenvalue weighted by Crippen LogP contribution is 2.56. The number of aliphatic hydroxyl groups excluding tert-OH is 1. The zero-order valence-corrected chi connectivity index (χ0v) is 18.0. The number of aliphatic hydroxyl groups is 1. The number of aromatic amines is 1. The lowest BCUT2D eigenvalue weighted by atomic mass is 9.80. The summed E-state index contributed by atoms with van der Waals surface area (Å²) in [5.74, 6) is 0.795. The fourth-order valence-corrected chi connectivity index (χ4v) is 5.00. The molecule has 164 valence electrons. The summed E-state index contributed by atoms with van der Waals surface area (Å²) in [4.78, 5) is 27.6. The van der Waals surface area contributed by atoms with Gasteiger partial charge in [0.15, 0.2) is 0 Å². The van der Waals surface area contributed by atoms with Gasteiger partial charge in [-0.05, 0) is 55.4 Å². The van der Waals surface area contributed by atoms with Gasteiger partial charge < -0.3 is 20.3 Å². The number of nitriles is 1. The molecule has 5 rings (SSSR count). The Bertz CT molecular complexity index is 1190. The molecule has 1 aliphatic heterocycles. The Morgan fingerprint density at radius 1 is 1.34 bits per heavy atom. The lowest BCUT2D eigenvalue weighted by molar-refractivity contribution is -0.130. The molecule has 8 nitrogen and oxygen atoms in total. The summed E-state index contributed by atoms with van der Waals surface area (Å²) in [6.07, 6.45) is 6.20. The van der Waals surface area contributed by atoms with E-state index in [2.05, 4.69) is 31.2 Å². The summed E-state index contributed by atoms with van der Waals surface area (Å²) >= 11 is 0. The van der Waals surface area contributed by atoms with Crippen molar-refractivity contribution in [3.8, 4) is 6.07 Å². The number of nitrogens with zero attached hydrogens (tertiary/aromatic N) is 4. The molecule has 1 spiro atoms. The summed E-state index contributed by atoms with van der Waals surface area (Å²) in [5.41, 5.74) is 1.19. The zero-order chi connectivity index (χ0) is 22.3. The minimum absolute atomic E-state index is 0.0162. The minimum Gasteiger partial charge on any atom is -0.394 e. The Labute approximate surface area is 186 Å². The van der Waals surface area contributed by atoms with E-state index in [0.717, 1.165) is 54.8 Å². The first kappa shape index (κ1) is 20.5. The van der Waals surface area contributed by atoms with Crippen molar-refractivity contribution in [1.82, 2.24) is 20.3 Å². The van der Waals surface area contributed by atoms with E-state index in [1.165, 1.54) is 0 Å². The maximum Gasteiger partial charge on any atom is 0.224 e. The van der Waals surface area contributed by atoms with Crippen molar-refractivity contribution in [2.45, 2.75) is 31.7 Å². The molecular weight excluding hydrogens is 404 g/mol. The third-order valence-corrected chi connectivity index (χ3v) is 7.14. The largest absolute Gasteiger partial charge is 0.394 e. The van der Waals surface area contributed by atoms with Gasteiger partial charge in [-0.1, -0.05) is 12.1 Å². The van der Waals surface area contributed by atoms with Crippen molar-refractivity contribution in [2.24, 2.45) is 11.3 Å². The van der Waals surface area contributed by atoms with Crippen LogP contribution in [0.4, 0.5) is 5.82 Å². The SMILES string of the molecule is CC(CO)(NC(=O)[C@H]1CCN(c2ncnc3[nH]ccc23)CC12CC2)c1ccc(C#N)cc1. The summed E-state index contributed by atoms with van der Waals surface area (Å²) in [6.45, 7) is 3.13. The minimum atomic E-state index is -0.901. The number of amides is 1. The molecule has 1 unspecified atom stereocenters. The van der Waals surface area contributed by atoms with Gasteiger partial charge in [0.1, 0.15) is 17.8 Å². The van der Waals surface area contributed by atoms with Crippen molar-refractivity contribution < 1.29 is 9.90 Å². The molecule has 1 saturated heterocycles. The highest BCUT2D eigenvalue weighted by molar-refractivity contribution is 5.88. The lowest BCUT2D eigenvalue weighted by Crippen LogP contribution is -2.53. The molecule has 3 N–H and O–H groups in total. The maximum atomic E-state index is 13.4. The highest BCUT2D eigenvalue weighted by atomic mass is 16.3. The van der Waals surface area contributed by atoms with E-state index in [-0.39, 0.29) is 23.8 Å². The van der Waals surface area contributed by atoms with E-state index in [4.69, 9.17) is 5.26 Å². The number of anilines is 1. The van der Waals surface area contributed by atoms with E-state index < -0.39 is 5.54 Å². The Balaban J connectivity index is 1.34. The third kappa shape index (κ3) is 3.39. The molecule has 0 radical (unpaired) electrons. The van der Waals surface area contributed by atoms with Crippen LogP contribution >= 0.6 is 0 Å². The van der Waals surface area contributed by atoms with Crippen molar-refractivity contribution in [3.05, 3.63) is 54.0 Å². The van der Waals surface area contributed by atoms with Crippen LogP contribution in [0, 0.1) is 22.7 Å². The monoisotopic (exact) mass is 430 g/mol. The molecule has 0 bridgehead atoms. The fraction of sp³-hybridized carbons (Fsp3) is 0.417. The summed E-state index contributed by atoms with van der Waals surface area (Å²) in [5, 5.41) is 23.3. The second-order valence-electron chi connectivity index (χ2n) is 9.23. The Morgan fingerprint density at radius 2 is 2.12 bits per heavy atom. The number of hydrogen-bond acceptors (Lipinski definition) is 6. The van der Waals surface area contributed by atoms with E-state index in [1.807, 2.05) is 19.2 Å². The molecule has 1 amide bonds. The number of carbonyl (C=O) groups is 1.